The summed E-state index contributed by atoms with van der Waals surface area (Å²) in [7, 11) is -3.57. The van der Waals surface area contributed by atoms with Crippen molar-refractivity contribution in [2.24, 2.45) is 5.92 Å². The molecule has 0 bridgehead atoms. The molecular formula is C23H32BrFN3O4P. The van der Waals surface area contributed by atoms with E-state index in [1.54, 1.807) is 26.0 Å². The van der Waals surface area contributed by atoms with Crippen LogP contribution in [0.2, 0.25) is 0 Å². The van der Waals surface area contributed by atoms with Gasteiger partial charge < -0.3 is 24.2 Å². The molecule has 0 saturated carbocycles. The van der Waals surface area contributed by atoms with Crippen molar-refractivity contribution < 1.29 is 22.4 Å². The van der Waals surface area contributed by atoms with E-state index in [1.807, 2.05) is 0 Å². The molecule has 2 heterocycles. The Morgan fingerprint density at radius 3 is 2.52 bits per heavy atom. The third-order valence-electron chi connectivity index (χ3n) is 5.24. The molecule has 3 aromatic rings. The number of hydrogen-bond donors (Lipinski definition) is 2. The molecule has 10 heteroatoms. The second kappa shape index (κ2) is 11.2. The predicted octanol–water partition coefficient (Wildman–Crippen LogP) is 6.35. The second-order valence-electron chi connectivity index (χ2n) is 8.21. The Morgan fingerprint density at radius 1 is 1.21 bits per heavy atom. The molecule has 0 unspecified atom stereocenters. The molecule has 0 aliphatic carbocycles. The summed E-state index contributed by atoms with van der Waals surface area (Å²) >= 11 is 3.46. The van der Waals surface area contributed by atoms with E-state index in [2.05, 4.69) is 34.8 Å². The van der Waals surface area contributed by atoms with Gasteiger partial charge in [0.15, 0.2) is 17.4 Å². The van der Waals surface area contributed by atoms with Gasteiger partial charge in [-0.25, -0.2) is 9.37 Å². The van der Waals surface area contributed by atoms with E-state index in [0.29, 0.717) is 41.0 Å². The Labute approximate surface area is 202 Å². The normalized spacial score (nSPS) is 12.3. The van der Waals surface area contributed by atoms with Crippen LogP contribution in [0.15, 0.2) is 16.5 Å². The van der Waals surface area contributed by atoms with Gasteiger partial charge in [0, 0.05) is 5.33 Å². The first kappa shape index (κ1) is 25.9. The number of aryl methyl sites for hydroxylation is 1. The minimum Gasteiger partial charge on any atom is -0.445 e. The van der Waals surface area contributed by atoms with Crippen LogP contribution < -0.4 is 11.2 Å². The second-order valence-corrected chi connectivity index (χ2v) is 11.0. The van der Waals surface area contributed by atoms with E-state index in [4.69, 9.17) is 24.2 Å². The number of aromatic nitrogens is 2. The molecule has 0 aliphatic heterocycles. The lowest BCUT2D eigenvalue weighted by molar-refractivity contribution is 0.225. The Morgan fingerprint density at radius 2 is 1.91 bits per heavy atom. The summed E-state index contributed by atoms with van der Waals surface area (Å²) in [6, 6.07) is 3.20. The number of halogens is 2. The van der Waals surface area contributed by atoms with Crippen molar-refractivity contribution in [2.45, 2.75) is 53.4 Å². The minimum atomic E-state index is -3.57. The molecule has 0 atom stereocenters. The highest BCUT2D eigenvalue weighted by molar-refractivity contribution is 9.09. The van der Waals surface area contributed by atoms with Crippen molar-refractivity contribution in [1.82, 2.24) is 9.97 Å². The summed E-state index contributed by atoms with van der Waals surface area (Å²) in [5, 5.41) is 0.883. The van der Waals surface area contributed by atoms with Gasteiger partial charge in [0.25, 0.3) is 0 Å². The number of nitrogens with two attached hydrogens (primary N) is 1. The smallest absolute Gasteiger partial charge is 0.396 e. The van der Waals surface area contributed by atoms with Crippen molar-refractivity contribution in [1.29, 1.82) is 0 Å². The number of rotatable bonds is 12. The topological polar surface area (TPSA) is 103 Å². The van der Waals surface area contributed by atoms with Crippen LogP contribution in [-0.4, -0.2) is 28.5 Å². The monoisotopic (exact) mass is 543 g/mol. The lowest BCUT2D eigenvalue weighted by atomic mass is 9.92. The van der Waals surface area contributed by atoms with Crippen molar-refractivity contribution >= 4 is 45.7 Å². The van der Waals surface area contributed by atoms with Gasteiger partial charge in [-0.15, -0.1) is 0 Å². The van der Waals surface area contributed by atoms with Crippen molar-refractivity contribution in [3.8, 4) is 11.6 Å². The molecule has 1 aromatic carbocycles. The Balaban J connectivity index is 2.11. The highest BCUT2D eigenvalue weighted by Gasteiger charge is 2.31. The number of benzene rings is 1. The third kappa shape index (κ3) is 5.53. The molecule has 0 spiro atoms. The largest absolute Gasteiger partial charge is 0.445 e. The Hall–Kier alpha value is -1.67. The fraction of sp³-hybridized carbons (Fsp3) is 0.522. The number of nitrogen functional groups attached to an aromatic ring is 1. The van der Waals surface area contributed by atoms with Gasteiger partial charge in [-0.1, -0.05) is 29.8 Å². The number of hydrogen-bond acceptors (Lipinski definition) is 6. The van der Waals surface area contributed by atoms with E-state index in [0.717, 1.165) is 23.7 Å². The first-order chi connectivity index (χ1) is 15.8. The number of imidazole rings is 1. The number of fused-ring (bicyclic) bond motifs is 1. The number of nitrogens with one attached hydrogen (secondary N) is 1. The molecule has 0 radical (unpaired) electrons. The maximum absolute atomic E-state index is 15.3. The zero-order valence-electron chi connectivity index (χ0n) is 19.5. The van der Waals surface area contributed by atoms with Gasteiger partial charge >= 0.3 is 7.60 Å². The summed E-state index contributed by atoms with van der Waals surface area (Å²) in [6.07, 6.45) is 3.14. The summed E-state index contributed by atoms with van der Waals surface area (Å²) in [4.78, 5) is 7.85. The van der Waals surface area contributed by atoms with Gasteiger partial charge in [0.1, 0.15) is 0 Å². The number of alkyl halides is 1. The number of H-pyrrole nitrogens is 1. The van der Waals surface area contributed by atoms with Crippen LogP contribution in [-0.2, 0) is 26.5 Å². The zero-order valence-corrected chi connectivity index (χ0v) is 22.0. The number of furan rings is 1. The molecule has 0 saturated heterocycles. The van der Waals surface area contributed by atoms with Crippen molar-refractivity contribution in [3.05, 3.63) is 29.1 Å². The summed E-state index contributed by atoms with van der Waals surface area (Å²) < 4.78 is 44.9. The van der Waals surface area contributed by atoms with E-state index in [9.17, 15) is 4.57 Å². The maximum Gasteiger partial charge on any atom is 0.396 e. The highest BCUT2D eigenvalue weighted by atomic mass is 79.9. The van der Waals surface area contributed by atoms with Crippen LogP contribution in [0.1, 0.15) is 51.7 Å². The highest BCUT2D eigenvalue weighted by Crippen LogP contribution is 2.47. The van der Waals surface area contributed by atoms with Crippen LogP contribution in [0.3, 0.4) is 0 Å². The lowest BCUT2D eigenvalue weighted by Gasteiger charge is -2.15. The lowest BCUT2D eigenvalue weighted by Crippen LogP contribution is -2.08. The van der Waals surface area contributed by atoms with Crippen molar-refractivity contribution in [2.75, 3.05) is 24.3 Å². The van der Waals surface area contributed by atoms with E-state index < -0.39 is 13.4 Å². The molecular weight excluding hydrogens is 512 g/mol. The number of aromatic amines is 1. The molecule has 7 nitrogen and oxygen atoms in total. The number of nitrogens with zero attached hydrogens (tertiary/aromatic N) is 1. The molecule has 0 fully saturated rings. The molecule has 0 aliphatic rings. The van der Waals surface area contributed by atoms with Gasteiger partial charge in [-0.2, -0.15) is 0 Å². The van der Waals surface area contributed by atoms with Gasteiger partial charge in [0.2, 0.25) is 5.50 Å². The summed E-state index contributed by atoms with van der Waals surface area (Å²) in [6.45, 7) is 8.00. The molecule has 2 aromatic heterocycles. The van der Waals surface area contributed by atoms with Gasteiger partial charge in [-0.3, -0.25) is 4.57 Å². The predicted molar refractivity (Wildman–Crippen MR) is 134 cm³/mol. The molecule has 33 heavy (non-hydrogen) atoms. The fourth-order valence-electron chi connectivity index (χ4n) is 3.84. The van der Waals surface area contributed by atoms with Crippen LogP contribution >= 0.6 is 23.5 Å². The average Bonchev–Trinajstić information content (AvgIpc) is 3.42. The first-order valence-corrected chi connectivity index (χ1v) is 14.0. The maximum atomic E-state index is 15.3. The van der Waals surface area contributed by atoms with E-state index in [1.165, 1.54) is 0 Å². The van der Waals surface area contributed by atoms with Crippen LogP contribution in [0.25, 0.3) is 22.6 Å². The van der Waals surface area contributed by atoms with E-state index >= 15 is 4.39 Å². The quantitative estimate of drug-likeness (QED) is 0.119. The van der Waals surface area contributed by atoms with Gasteiger partial charge in [0.05, 0.1) is 29.9 Å². The SMILES string of the molecule is CCOP(=O)(OCC)c1ccc(-c2nc3c(CCCCBr)c(CC(C)C)c(F)c(N)c3[nH]2)o1. The van der Waals surface area contributed by atoms with E-state index in [-0.39, 0.29) is 30.3 Å². The summed E-state index contributed by atoms with van der Waals surface area (Å²) in [5.41, 5.74) is 8.92. The van der Waals surface area contributed by atoms with Crippen LogP contribution in [0, 0.1) is 11.7 Å². The number of unbranched alkanes of at least 4 members (excludes halogenated alkanes) is 1. The minimum absolute atomic E-state index is 0.0460. The Kier molecular flexibility index (Phi) is 8.78. The average molecular weight is 544 g/mol. The first-order valence-electron chi connectivity index (χ1n) is 11.3. The van der Waals surface area contributed by atoms with Crippen LogP contribution in [0.5, 0.6) is 0 Å². The fourth-order valence-corrected chi connectivity index (χ4v) is 5.72. The standard InChI is InChI=1S/C23H32BrFN3O4P/c1-5-30-33(29,31-6-2)18-11-10-17(32-18)23-27-21-15(9-7-8-12-24)16(13-14(3)4)19(25)20(26)22(21)28-23/h10-11,14H,5-9,12-13,26H2,1-4H3,(H,27,28). The van der Waals surface area contributed by atoms with Gasteiger partial charge in [-0.05, 0) is 68.7 Å². The Bertz CT molecular complexity index is 1130. The number of anilines is 1. The molecule has 0 amide bonds. The molecule has 3 N–H and O–H groups in total. The summed E-state index contributed by atoms with van der Waals surface area (Å²) in [5.74, 6) is 0.601. The third-order valence-corrected chi connectivity index (χ3v) is 7.78. The van der Waals surface area contributed by atoms with Crippen molar-refractivity contribution in [3.63, 3.8) is 0 Å². The van der Waals surface area contributed by atoms with Crippen LogP contribution in [0.4, 0.5) is 10.1 Å². The zero-order chi connectivity index (χ0) is 24.2. The molecule has 182 valence electrons. The molecule has 3 rings (SSSR count).